The third kappa shape index (κ3) is 3.61. The number of esters is 1. The van der Waals surface area contributed by atoms with Crippen molar-refractivity contribution < 1.29 is 14.6 Å². The highest BCUT2D eigenvalue weighted by Gasteiger charge is 1.93. The predicted molar refractivity (Wildman–Crippen MR) is 28.0 cm³/mol. The van der Waals surface area contributed by atoms with Gasteiger partial charge in [0.15, 0.2) is 0 Å². The highest BCUT2D eigenvalue weighted by molar-refractivity contribution is 5.69. The van der Waals surface area contributed by atoms with E-state index < -0.39 is 0 Å². The Morgan fingerprint density at radius 2 is 2.38 bits per heavy atom. The molecule has 0 aromatic rings. The molecular weight excluding hydrogens is 108 g/mol. The largest absolute Gasteiger partial charge is 0.463 e. The molecule has 0 saturated carbocycles. The third-order valence-electron chi connectivity index (χ3n) is 0.558. The van der Waals surface area contributed by atoms with E-state index in [2.05, 4.69) is 11.7 Å². The molecular formula is C5H9O3. The summed E-state index contributed by atoms with van der Waals surface area (Å²) in [6.07, 6.45) is 0.125. The minimum atomic E-state index is -0.376. The average Bonchev–Trinajstić information content (AvgIpc) is 1.83. The van der Waals surface area contributed by atoms with Crippen LogP contribution in [0.5, 0.6) is 0 Å². The van der Waals surface area contributed by atoms with Gasteiger partial charge in [0.2, 0.25) is 0 Å². The molecule has 3 heteroatoms. The van der Waals surface area contributed by atoms with E-state index in [0.717, 1.165) is 0 Å². The second-order valence-electron chi connectivity index (χ2n) is 1.19. The molecule has 8 heavy (non-hydrogen) atoms. The minimum Gasteiger partial charge on any atom is -0.463 e. The lowest BCUT2D eigenvalue weighted by Crippen LogP contribution is -2.06. The van der Waals surface area contributed by atoms with Gasteiger partial charge in [0.05, 0.1) is 6.61 Å². The van der Waals surface area contributed by atoms with Crippen LogP contribution in [0, 0.1) is 6.92 Å². The molecule has 0 aliphatic carbocycles. The second kappa shape index (κ2) is 4.59. The molecule has 3 nitrogen and oxygen atoms in total. The Bertz CT molecular complexity index is 70.1. The van der Waals surface area contributed by atoms with Gasteiger partial charge in [-0.1, -0.05) is 0 Å². The maximum Gasteiger partial charge on any atom is 0.305 e. The second-order valence-corrected chi connectivity index (χ2v) is 1.19. The van der Waals surface area contributed by atoms with Crippen LogP contribution in [-0.4, -0.2) is 24.3 Å². The van der Waals surface area contributed by atoms with Crippen molar-refractivity contribution in [3.05, 3.63) is 6.92 Å². The van der Waals surface area contributed by atoms with Crippen LogP contribution in [-0.2, 0) is 9.53 Å². The topological polar surface area (TPSA) is 46.5 Å². The molecule has 1 radical (unpaired) electrons. The van der Waals surface area contributed by atoms with Gasteiger partial charge in [-0.05, 0) is 6.92 Å². The molecule has 47 valence electrons. The fraction of sp³-hybridized carbons (Fsp3) is 0.600. The number of hydrogen-bond acceptors (Lipinski definition) is 3. The first-order chi connectivity index (χ1) is 3.81. The quantitative estimate of drug-likeness (QED) is 0.518. The maximum absolute atomic E-state index is 10.2. The van der Waals surface area contributed by atoms with E-state index in [1.54, 1.807) is 0 Å². The first-order valence-corrected chi connectivity index (χ1v) is 2.37. The normalized spacial score (nSPS) is 8.75. The summed E-state index contributed by atoms with van der Waals surface area (Å²) in [5.41, 5.74) is 0. The molecule has 0 unspecified atom stereocenters. The summed E-state index contributed by atoms with van der Waals surface area (Å²) in [4.78, 5) is 10.2. The maximum atomic E-state index is 10.2. The predicted octanol–water partition coefficient (Wildman–Crippen LogP) is -0.254. The van der Waals surface area contributed by atoms with Crippen LogP contribution >= 0.6 is 0 Å². The zero-order valence-electron chi connectivity index (χ0n) is 4.59. The Morgan fingerprint density at radius 3 is 2.75 bits per heavy atom. The zero-order chi connectivity index (χ0) is 6.41. The lowest BCUT2D eigenvalue weighted by atomic mass is 10.5. The Balaban J connectivity index is 2.99. The fourth-order valence-corrected chi connectivity index (χ4v) is 0.232. The van der Waals surface area contributed by atoms with Crippen molar-refractivity contribution in [1.82, 2.24) is 0 Å². The molecule has 0 atom stereocenters. The molecule has 1 N–H and O–H groups in total. The summed E-state index contributed by atoms with van der Waals surface area (Å²) >= 11 is 0. The minimum absolute atomic E-state index is 0.0777. The lowest BCUT2D eigenvalue weighted by Gasteiger charge is -1.96. The fourth-order valence-electron chi connectivity index (χ4n) is 0.232. The van der Waals surface area contributed by atoms with Gasteiger partial charge < -0.3 is 9.84 Å². The monoisotopic (exact) mass is 117 g/mol. The van der Waals surface area contributed by atoms with Crippen molar-refractivity contribution in [3.63, 3.8) is 0 Å². The van der Waals surface area contributed by atoms with Gasteiger partial charge in [0.25, 0.3) is 0 Å². The number of carbonyl (C=O) groups excluding carboxylic acids is 1. The van der Waals surface area contributed by atoms with Crippen molar-refractivity contribution in [2.24, 2.45) is 0 Å². The van der Waals surface area contributed by atoms with Crippen LogP contribution in [0.25, 0.3) is 0 Å². The van der Waals surface area contributed by atoms with Crippen LogP contribution in [0.15, 0.2) is 0 Å². The molecule has 0 bridgehead atoms. The SMILES string of the molecule is [CH2]CC(=O)OCCO. The number of aliphatic hydroxyl groups excluding tert-OH is 1. The van der Waals surface area contributed by atoms with E-state index in [4.69, 9.17) is 5.11 Å². The Kier molecular flexibility index (Phi) is 4.26. The molecule has 0 fully saturated rings. The highest BCUT2D eigenvalue weighted by Crippen LogP contribution is 1.80. The van der Waals surface area contributed by atoms with Crippen molar-refractivity contribution in [2.45, 2.75) is 6.42 Å². The van der Waals surface area contributed by atoms with Crippen molar-refractivity contribution in [2.75, 3.05) is 13.2 Å². The molecule has 0 aromatic carbocycles. The number of carbonyl (C=O) groups is 1. The van der Waals surface area contributed by atoms with Crippen LogP contribution in [0.3, 0.4) is 0 Å². The average molecular weight is 117 g/mol. The highest BCUT2D eigenvalue weighted by atomic mass is 16.5. The number of rotatable bonds is 3. The molecule has 0 amide bonds. The van der Waals surface area contributed by atoms with Gasteiger partial charge in [-0.25, -0.2) is 0 Å². The molecule has 0 aromatic heterocycles. The molecule has 0 saturated heterocycles. The summed E-state index contributed by atoms with van der Waals surface area (Å²) in [6, 6.07) is 0. The van der Waals surface area contributed by atoms with E-state index in [9.17, 15) is 4.79 Å². The van der Waals surface area contributed by atoms with Crippen LogP contribution in [0.2, 0.25) is 0 Å². The van der Waals surface area contributed by atoms with Gasteiger partial charge in [-0.3, -0.25) is 4.79 Å². The molecule has 0 rings (SSSR count). The first-order valence-electron chi connectivity index (χ1n) is 2.37. The van der Waals surface area contributed by atoms with Gasteiger partial charge >= 0.3 is 5.97 Å². The summed E-state index contributed by atoms with van der Waals surface area (Å²) < 4.78 is 4.39. The number of hydrogen-bond donors (Lipinski definition) is 1. The lowest BCUT2D eigenvalue weighted by molar-refractivity contribution is -0.143. The third-order valence-corrected chi connectivity index (χ3v) is 0.558. The Morgan fingerprint density at radius 1 is 1.75 bits per heavy atom. The smallest absolute Gasteiger partial charge is 0.305 e. The number of ether oxygens (including phenoxy) is 1. The van der Waals surface area contributed by atoms with Crippen molar-refractivity contribution in [1.29, 1.82) is 0 Å². The van der Waals surface area contributed by atoms with Gasteiger partial charge in [-0.15, -0.1) is 0 Å². The van der Waals surface area contributed by atoms with Crippen LogP contribution < -0.4 is 0 Å². The van der Waals surface area contributed by atoms with Gasteiger partial charge in [-0.2, -0.15) is 0 Å². The number of aliphatic hydroxyl groups is 1. The molecule has 0 aliphatic rings. The van der Waals surface area contributed by atoms with E-state index in [1.165, 1.54) is 0 Å². The summed E-state index contributed by atoms with van der Waals surface area (Å²) in [7, 11) is 0. The van der Waals surface area contributed by atoms with Crippen molar-refractivity contribution in [3.8, 4) is 0 Å². The summed E-state index contributed by atoms with van der Waals surface area (Å²) in [6.45, 7) is 3.24. The zero-order valence-corrected chi connectivity index (χ0v) is 4.59. The molecule has 0 aliphatic heterocycles. The van der Waals surface area contributed by atoms with Crippen LogP contribution in [0.4, 0.5) is 0 Å². The van der Waals surface area contributed by atoms with Crippen LogP contribution in [0.1, 0.15) is 6.42 Å². The first kappa shape index (κ1) is 7.43. The summed E-state index contributed by atoms with van der Waals surface area (Å²) in [5, 5.41) is 8.11. The summed E-state index contributed by atoms with van der Waals surface area (Å²) in [5.74, 6) is -0.376. The van der Waals surface area contributed by atoms with Gasteiger partial charge in [0.1, 0.15) is 6.61 Å². The van der Waals surface area contributed by atoms with E-state index in [-0.39, 0.29) is 25.6 Å². The van der Waals surface area contributed by atoms with Gasteiger partial charge in [0, 0.05) is 6.42 Å². The molecule has 0 heterocycles. The Hall–Kier alpha value is -0.570. The Labute approximate surface area is 48.3 Å². The molecule has 0 spiro atoms. The van der Waals surface area contributed by atoms with E-state index in [1.807, 2.05) is 0 Å². The van der Waals surface area contributed by atoms with E-state index in [0.29, 0.717) is 0 Å². The van der Waals surface area contributed by atoms with E-state index >= 15 is 0 Å². The van der Waals surface area contributed by atoms with Crippen molar-refractivity contribution >= 4 is 5.97 Å². The standard InChI is InChI=1S/C5H9O3/c1-2-5(7)8-4-3-6/h6H,1-4H2.